The monoisotopic (exact) mass is 931 g/mol. The van der Waals surface area contributed by atoms with Gasteiger partial charge < -0.3 is 37.9 Å². The topological polar surface area (TPSA) is 132 Å². The summed E-state index contributed by atoms with van der Waals surface area (Å²) in [7, 11) is 0. The van der Waals surface area contributed by atoms with Crippen LogP contribution in [0.15, 0.2) is 157 Å². The maximum absolute atomic E-state index is 13.5. The largest absolute Gasteiger partial charge is 0.509 e. The zero-order valence-electron chi connectivity index (χ0n) is 33.8. The molecule has 328 valence electrons. The number of thioether (sulfide) groups is 1. The average Bonchev–Trinajstić information content (AvgIpc) is 3.62. The highest BCUT2D eigenvalue weighted by molar-refractivity contribution is 7.99. The van der Waals surface area contributed by atoms with Gasteiger partial charge in [0, 0.05) is 16.6 Å². The third-order valence-electron chi connectivity index (χ3n) is 10.3. The lowest BCUT2D eigenvalue weighted by molar-refractivity contribution is -0.307. The van der Waals surface area contributed by atoms with E-state index in [9.17, 15) is 9.59 Å². The highest BCUT2D eigenvalue weighted by Gasteiger charge is 2.53. The van der Waals surface area contributed by atoms with E-state index in [1.807, 2.05) is 140 Å². The number of carbonyl (C=O) groups is 2. The number of fused-ring (bicyclic) bond motifs is 3. The summed E-state index contributed by atoms with van der Waals surface area (Å²) in [4.78, 5) is 27.9. The maximum atomic E-state index is 13.5. The Balaban J connectivity index is 1.20. The van der Waals surface area contributed by atoms with Crippen LogP contribution in [0, 0.1) is 5.41 Å². The summed E-state index contributed by atoms with van der Waals surface area (Å²) >= 11 is 19.9. The van der Waals surface area contributed by atoms with Crippen LogP contribution in [0.5, 0.6) is 0 Å². The lowest BCUT2D eigenvalue weighted by Gasteiger charge is -2.45. The van der Waals surface area contributed by atoms with Gasteiger partial charge in [0.1, 0.15) is 32.0 Å². The SMILES string of the molecule is C=CCOC(=O)O[C@H]1[C@H](OCc2ccccc2)[C@@H](COC(=O)OCC2c3ccccc3-c3ccccc32)OC(OC(=N)C(Cl)(Cl)Cl)[C@@H]1O[C@H](CSc1ccccc1)c1ccccc1. The second-order valence-electron chi connectivity index (χ2n) is 14.4. The summed E-state index contributed by atoms with van der Waals surface area (Å²) in [5, 5.41) is 8.59. The van der Waals surface area contributed by atoms with Crippen molar-refractivity contribution in [2.45, 2.75) is 58.0 Å². The molecule has 63 heavy (non-hydrogen) atoms. The Labute approximate surface area is 384 Å². The first-order valence-electron chi connectivity index (χ1n) is 20.0. The number of nitrogens with one attached hydrogen (secondary N) is 1. The molecule has 6 atom stereocenters. The summed E-state index contributed by atoms with van der Waals surface area (Å²) in [5.41, 5.74) is 5.73. The van der Waals surface area contributed by atoms with Gasteiger partial charge in [0.2, 0.25) is 12.2 Å². The molecule has 0 radical (unpaired) electrons. The van der Waals surface area contributed by atoms with Crippen LogP contribution in [0.3, 0.4) is 0 Å². The van der Waals surface area contributed by atoms with Crippen molar-refractivity contribution in [3.05, 3.63) is 174 Å². The normalized spacial score (nSPS) is 19.8. The van der Waals surface area contributed by atoms with Crippen molar-refractivity contribution in [2.24, 2.45) is 0 Å². The molecule has 11 nitrogen and oxygen atoms in total. The molecule has 1 N–H and O–H groups in total. The quantitative estimate of drug-likeness (QED) is 0.0239. The molecule has 0 amide bonds. The summed E-state index contributed by atoms with van der Waals surface area (Å²) in [6, 6.07) is 44.3. The third kappa shape index (κ3) is 12.2. The van der Waals surface area contributed by atoms with Gasteiger partial charge in [-0.05, 0) is 45.5 Å². The Bertz CT molecular complexity index is 2260. The van der Waals surface area contributed by atoms with E-state index in [0.717, 1.165) is 38.3 Å². The van der Waals surface area contributed by atoms with Gasteiger partial charge in [0.05, 0.1) is 12.7 Å². The van der Waals surface area contributed by atoms with E-state index in [2.05, 4.69) is 6.58 Å². The third-order valence-corrected chi connectivity index (χ3v) is 11.8. The molecule has 1 heterocycles. The predicted octanol–water partition coefficient (Wildman–Crippen LogP) is 11.3. The van der Waals surface area contributed by atoms with Gasteiger partial charge in [0.15, 0.2) is 12.2 Å². The molecule has 1 fully saturated rings. The van der Waals surface area contributed by atoms with Crippen molar-refractivity contribution in [1.82, 2.24) is 0 Å². The fraction of sp³-hybridized carbons (Fsp3) is 0.271. The van der Waals surface area contributed by atoms with E-state index in [0.29, 0.717) is 5.75 Å². The summed E-state index contributed by atoms with van der Waals surface area (Å²) < 4.78 is 46.4. The van der Waals surface area contributed by atoms with Crippen molar-refractivity contribution in [3.8, 4) is 11.1 Å². The van der Waals surface area contributed by atoms with E-state index >= 15 is 0 Å². The van der Waals surface area contributed by atoms with E-state index in [-0.39, 0.29) is 25.7 Å². The molecule has 2 aliphatic rings. The molecule has 1 aliphatic heterocycles. The molecule has 0 spiro atoms. The van der Waals surface area contributed by atoms with Gasteiger partial charge in [-0.3, -0.25) is 5.41 Å². The second kappa shape index (κ2) is 22.0. The molecule has 15 heteroatoms. The van der Waals surface area contributed by atoms with E-state index in [1.54, 1.807) is 0 Å². The van der Waals surface area contributed by atoms with Crippen molar-refractivity contribution in [1.29, 1.82) is 5.41 Å². The minimum Gasteiger partial charge on any atom is -0.445 e. The van der Waals surface area contributed by atoms with Gasteiger partial charge >= 0.3 is 12.3 Å². The molecule has 1 aliphatic carbocycles. The molecular weight excluding hydrogens is 889 g/mol. The van der Waals surface area contributed by atoms with Crippen LogP contribution in [0.1, 0.15) is 34.3 Å². The zero-order valence-corrected chi connectivity index (χ0v) is 36.8. The lowest BCUT2D eigenvalue weighted by Crippen LogP contribution is -2.63. The van der Waals surface area contributed by atoms with E-state index in [4.69, 9.17) is 78.1 Å². The molecule has 0 aromatic heterocycles. The van der Waals surface area contributed by atoms with Crippen LogP contribution < -0.4 is 0 Å². The Morgan fingerprint density at radius 1 is 0.714 bits per heavy atom. The van der Waals surface area contributed by atoms with Gasteiger partial charge in [-0.15, -0.1) is 11.8 Å². The number of rotatable bonds is 17. The maximum Gasteiger partial charge on any atom is 0.509 e. The first-order chi connectivity index (χ1) is 30.6. The van der Waals surface area contributed by atoms with Crippen LogP contribution in [0.2, 0.25) is 0 Å². The van der Waals surface area contributed by atoms with Crippen molar-refractivity contribution < 1.29 is 47.5 Å². The minimum atomic E-state index is -2.33. The van der Waals surface area contributed by atoms with Gasteiger partial charge in [-0.1, -0.05) is 175 Å². The highest BCUT2D eigenvalue weighted by atomic mass is 35.6. The molecule has 0 bridgehead atoms. The number of ether oxygens (including phenoxy) is 8. The molecule has 1 saturated heterocycles. The zero-order chi connectivity index (χ0) is 44.2. The Hall–Kier alpha value is -5.05. The van der Waals surface area contributed by atoms with Crippen LogP contribution >= 0.6 is 46.6 Å². The van der Waals surface area contributed by atoms with Crippen molar-refractivity contribution in [2.75, 3.05) is 25.6 Å². The number of hydrogen-bond acceptors (Lipinski definition) is 12. The minimum absolute atomic E-state index is 0.00285. The lowest BCUT2D eigenvalue weighted by atomic mass is 9.97. The van der Waals surface area contributed by atoms with Crippen LogP contribution in [0.4, 0.5) is 9.59 Å². The van der Waals surface area contributed by atoms with Crippen molar-refractivity contribution in [3.63, 3.8) is 0 Å². The molecule has 5 aromatic carbocycles. The fourth-order valence-corrected chi connectivity index (χ4v) is 8.45. The Kier molecular flexibility index (Phi) is 16.1. The fourth-order valence-electron chi connectivity index (χ4n) is 7.35. The second-order valence-corrected chi connectivity index (χ2v) is 17.8. The highest BCUT2D eigenvalue weighted by Crippen LogP contribution is 2.45. The van der Waals surface area contributed by atoms with Gasteiger partial charge in [0.25, 0.3) is 3.79 Å². The Morgan fingerprint density at radius 3 is 1.94 bits per heavy atom. The van der Waals surface area contributed by atoms with Gasteiger partial charge in [-0.25, -0.2) is 9.59 Å². The summed E-state index contributed by atoms with van der Waals surface area (Å²) in [6.07, 6.45) is -8.24. The number of benzene rings is 5. The van der Waals surface area contributed by atoms with Gasteiger partial charge in [-0.2, -0.15) is 0 Å². The van der Waals surface area contributed by atoms with Crippen LogP contribution in [-0.2, 0) is 44.5 Å². The molecule has 1 unspecified atom stereocenters. The van der Waals surface area contributed by atoms with Crippen molar-refractivity contribution >= 4 is 64.8 Å². The molecular formula is C48H44Cl3NO10S. The average molecular weight is 933 g/mol. The van der Waals surface area contributed by atoms with Crippen LogP contribution in [-0.4, -0.2) is 78.3 Å². The molecule has 7 rings (SSSR count). The number of carbonyl (C=O) groups excluding carboxylic acids is 2. The number of alkyl halides is 3. The molecule has 0 saturated carbocycles. The predicted molar refractivity (Wildman–Crippen MR) is 241 cm³/mol. The first-order valence-corrected chi connectivity index (χ1v) is 22.1. The van der Waals surface area contributed by atoms with E-state index in [1.165, 1.54) is 17.8 Å². The summed E-state index contributed by atoms with van der Waals surface area (Å²) in [5.74, 6) is -0.663. The molecule has 5 aromatic rings. The smallest absolute Gasteiger partial charge is 0.445 e. The Morgan fingerprint density at radius 2 is 1.30 bits per heavy atom. The van der Waals surface area contributed by atoms with Crippen LogP contribution in [0.25, 0.3) is 11.1 Å². The summed E-state index contributed by atoms with van der Waals surface area (Å²) in [6.45, 7) is 2.97. The number of halogens is 3. The van der Waals surface area contributed by atoms with E-state index < -0.39 is 65.4 Å². The number of hydrogen-bond donors (Lipinski definition) is 1. The standard InChI is InChI=1S/C48H44Cl3NO10S/c1-2-26-55-47(54)61-42-41(56-27-31-16-6-3-7-17-31)39(29-58-46(53)57-28-38-36-24-14-12-22-34(36)35-23-13-15-25-37(35)38)60-44(62-45(52)48(49,50)51)43(42)59-40(32-18-8-4-9-19-32)30-63-33-20-10-5-11-21-33/h2-25,38-44,52H,1,26-30H2/t39-,40-,41-,42+,43-,44?/m1/s1. The first kappa shape index (κ1) is 46.0.